The van der Waals surface area contributed by atoms with E-state index in [0.29, 0.717) is 0 Å². The lowest BCUT2D eigenvalue weighted by Gasteiger charge is -1.92. The summed E-state index contributed by atoms with van der Waals surface area (Å²) in [6.45, 7) is 2.39. The van der Waals surface area contributed by atoms with E-state index in [-0.39, 0.29) is 6.61 Å². The molecular weight excluding hydrogens is 107 g/mol. The molecule has 0 aliphatic heterocycles. The Hall–Kier alpha value is -0.110. The lowest BCUT2D eigenvalue weighted by molar-refractivity contribution is -0.133. The van der Waals surface area contributed by atoms with Gasteiger partial charge in [-0.25, -0.2) is 0 Å². The molecule has 0 radical (unpaired) electrons. The Morgan fingerprint density at radius 2 is 2.00 bits per heavy atom. The summed E-state index contributed by atoms with van der Waals surface area (Å²) in [5.41, 5.74) is 0. The van der Waals surface area contributed by atoms with Gasteiger partial charge in [-0.3, -0.25) is 0 Å². The third kappa shape index (κ3) is 5.89. The number of rotatable bonds is 5. The highest BCUT2D eigenvalue weighted by atomic mass is 19.3. The number of unbranched alkanes of at least 4 members (excludes halogenated alkanes) is 3. The van der Waals surface area contributed by atoms with Gasteiger partial charge in [0.05, 0.1) is 6.61 Å². The fourth-order valence-corrected chi connectivity index (χ4v) is 0.583. The Morgan fingerprint density at radius 3 is 2.50 bits per heavy atom. The summed E-state index contributed by atoms with van der Waals surface area (Å²) in [6.07, 6.45) is 4.31. The maximum absolute atomic E-state index is 10.9. The molecule has 0 spiro atoms. The number of halogens is 1. The van der Waals surface area contributed by atoms with Crippen LogP contribution in [0.2, 0.25) is 0 Å². The van der Waals surface area contributed by atoms with Gasteiger partial charge >= 0.3 is 0 Å². The van der Waals surface area contributed by atoms with Crippen LogP contribution in [0.5, 0.6) is 0 Å². The zero-order valence-corrected chi connectivity index (χ0v) is 5.32. The van der Waals surface area contributed by atoms with E-state index in [4.69, 9.17) is 0 Å². The highest BCUT2D eigenvalue weighted by molar-refractivity contribution is 4.36. The predicted molar refractivity (Wildman–Crippen MR) is 31.2 cm³/mol. The zero-order valence-electron chi connectivity index (χ0n) is 5.32. The molecule has 0 saturated heterocycles. The molecule has 0 unspecified atom stereocenters. The first kappa shape index (κ1) is 7.89. The highest BCUT2D eigenvalue weighted by Gasteiger charge is 1.85. The lowest BCUT2D eigenvalue weighted by Crippen LogP contribution is -1.83. The largest absolute Gasteiger partial charge is 0.194 e. The van der Waals surface area contributed by atoms with Crippen molar-refractivity contribution in [3.63, 3.8) is 0 Å². The zero-order chi connectivity index (χ0) is 6.24. The summed E-state index contributed by atoms with van der Waals surface area (Å²) in [7, 11) is 0. The van der Waals surface area contributed by atoms with E-state index in [1.807, 2.05) is 0 Å². The molecule has 0 atom stereocenters. The van der Waals surface area contributed by atoms with Gasteiger partial charge in [0.1, 0.15) is 0 Å². The van der Waals surface area contributed by atoms with Crippen LogP contribution in [0.4, 0.5) is 4.53 Å². The molecule has 0 fully saturated rings. The van der Waals surface area contributed by atoms with Crippen LogP contribution >= 0.6 is 0 Å². The Kier molecular flexibility index (Phi) is 6.80. The van der Waals surface area contributed by atoms with E-state index in [9.17, 15) is 4.53 Å². The molecule has 0 bridgehead atoms. The summed E-state index contributed by atoms with van der Waals surface area (Å²) < 4.78 is 10.9. The maximum Gasteiger partial charge on any atom is 0.0876 e. The molecule has 0 rings (SSSR count). The van der Waals surface area contributed by atoms with E-state index in [2.05, 4.69) is 11.9 Å². The Bertz CT molecular complexity index is 33.5. The first-order valence-electron chi connectivity index (χ1n) is 3.15. The van der Waals surface area contributed by atoms with Crippen molar-refractivity contribution < 1.29 is 9.47 Å². The van der Waals surface area contributed by atoms with Crippen LogP contribution in [0.15, 0.2) is 0 Å². The van der Waals surface area contributed by atoms with E-state index in [0.717, 1.165) is 12.8 Å². The van der Waals surface area contributed by atoms with Crippen LogP contribution in [0.25, 0.3) is 0 Å². The van der Waals surface area contributed by atoms with Crippen LogP contribution in [0.1, 0.15) is 32.6 Å². The summed E-state index contributed by atoms with van der Waals surface area (Å²) in [5.74, 6) is 0. The second kappa shape index (κ2) is 6.89. The van der Waals surface area contributed by atoms with Crippen LogP contribution in [-0.2, 0) is 4.94 Å². The Balaban J connectivity index is 2.53. The van der Waals surface area contributed by atoms with Crippen LogP contribution in [0.3, 0.4) is 0 Å². The summed E-state index contributed by atoms with van der Waals surface area (Å²) >= 11 is 0. The van der Waals surface area contributed by atoms with E-state index in [1.165, 1.54) is 12.8 Å². The predicted octanol–water partition coefficient (Wildman–Crippen LogP) is 2.47. The van der Waals surface area contributed by atoms with Crippen LogP contribution in [0, 0.1) is 0 Å². The molecule has 0 amide bonds. The SMILES string of the molecule is CCCCCCOF. The summed E-state index contributed by atoms with van der Waals surface area (Å²) in [5, 5.41) is 0. The molecule has 0 aromatic heterocycles. The first-order valence-corrected chi connectivity index (χ1v) is 3.15. The van der Waals surface area contributed by atoms with Crippen LogP contribution < -0.4 is 0 Å². The van der Waals surface area contributed by atoms with Crippen molar-refractivity contribution in [3.8, 4) is 0 Å². The topological polar surface area (TPSA) is 9.23 Å². The van der Waals surface area contributed by atoms with Gasteiger partial charge in [-0.1, -0.05) is 26.2 Å². The lowest BCUT2D eigenvalue weighted by atomic mass is 10.2. The second-order valence-electron chi connectivity index (χ2n) is 1.87. The maximum atomic E-state index is 10.9. The minimum absolute atomic E-state index is 0.264. The normalized spacial score (nSPS) is 9.75. The van der Waals surface area contributed by atoms with E-state index in [1.54, 1.807) is 0 Å². The smallest absolute Gasteiger partial charge is 0.0876 e. The standard InChI is InChI=1S/C6H13FO/c1-2-3-4-5-6-8-7/h2-6H2,1H3. The molecule has 8 heavy (non-hydrogen) atoms. The van der Waals surface area contributed by atoms with Gasteiger partial charge in [0.15, 0.2) is 0 Å². The Morgan fingerprint density at radius 1 is 1.25 bits per heavy atom. The molecule has 0 aromatic carbocycles. The molecule has 0 aliphatic carbocycles. The molecule has 50 valence electrons. The van der Waals surface area contributed by atoms with Crippen molar-refractivity contribution in [2.24, 2.45) is 0 Å². The molecular formula is C6H13FO. The minimum atomic E-state index is 0.264. The van der Waals surface area contributed by atoms with Gasteiger partial charge in [0, 0.05) is 0 Å². The van der Waals surface area contributed by atoms with Crippen molar-refractivity contribution >= 4 is 0 Å². The fraction of sp³-hybridized carbons (Fsp3) is 1.00. The van der Waals surface area contributed by atoms with Gasteiger partial charge in [0.2, 0.25) is 0 Å². The molecule has 1 nitrogen and oxygen atoms in total. The fourth-order valence-electron chi connectivity index (χ4n) is 0.583. The van der Waals surface area contributed by atoms with Gasteiger partial charge in [0.25, 0.3) is 0 Å². The van der Waals surface area contributed by atoms with Gasteiger partial charge < -0.3 is 0 Å². The average molecular weight is 120 g/mol. The van der Waals surface area contributed by atoms with Gasteiger partial charge in [-0.2, -0.15) is 4.94 Å². The van der Waals surface area contributed by atoms with Crippen molar-refractivity contribution in [1.82, 2.24) is 0 Å². The molecule has 0 aliphatic rings. The average Bonchev–Trinajstić information content (AvgIpc) is 1.81. The second-order valence-corrected chi connectivity index (χ2v) is 1.87. The van der Waals surface area contributed by atoms with Crippen molar-refractivity contribution in [2.75, 3.05) is 6.61 Å². The third-order valence-electron chi connectivity index (χ3n) is 1.08. The quantitative estimate of drug-likeness (QED) is 0.506. The number of hydrogen-bond acceptors (Lipinski definition) is 1. The van der Waals surface area contributed by atoms with E-state index >= 15 is 0 Å². The van der Waals surface area contributed by atoms with Gasteiger partial charge in [-0.05, 0) is 10.9 Å². The minimum Gasteiger partial charge on any atom is -0.194 e. The number of hydrogen-bond donors (Lipinski definition) is 0. The molecule has 0 heterocycles. The molecule has 0 saturated carbocycles. The van der Waals surface area contributed by atoms with Gasteiger partial charge in [-0.15, -0.1) is 0 Å². The van der Waals surface area contributed by atoms with Crippen molar-refractivity contribution in [1.29, 1.82) is 0 Å². The Labute approximate surface area is 49.7 Å². The van der Waals surface area contributed by atoms with E-state index < -0.39 is 0 Å². The summed E-state index contributed by atoms with van der Waals surface area (Å²) in [4.78, 5) is 3.39. The molecule has 2 heteroatoms. The van der Waals surface area contributed by atoms with Crippen molar-refractivity contribution in [2.45, 2.75) is 32.6 Å². The highest BCUT2D eigenvalue weighted by Crippen LogP contribution is 1.98. The van der Waals surface area contributed by atoms with Crippen molar-refractivity contribution in [3.05, 3.63) is 0 Å². The molecule has 0 aromatic rings. The monoisotopic (exact) mass is 120 g/mol. The molecule has 0 N–H and O–H groups in total. The van der Waals surface area contributed by atoms with Crippen LogP contribution in [-0.4, -0.2) is 6.61 Å². The first-order chi connectivity index (χ1) is 3.91. The summed E-state index contributed by atoms with van der Waals surface area (Å²) in [6, 6.07) is 0. The third-order valence-corrected chi connectivity index (χ3v) is 1.08.